The average molecular weight is 218 g/mol. The van der Waals surface area contributed by atoms with E-state index in [2.05, 4.69) is 30.9 Å². The van der Waals surface area contributed by atoms with Crippen molar-refractivity contribution >= 4 is 5.91 Å². The smallest absolute Gasteiger partial charge is 0.253 e. The van der Waals surface area contributed by atoms with Gasteiger partial charge in [-0.25, -0.2) is 0 Å². The highest BCUT2D eigenvalue weighted by molar-refractivity contribution is 5.93. The number of H-pyrrole nitrogens is 1. The molecule has 2 rings (SSSR count). The van der Waals surface area contributed by atoms with Gasteiger partial charge in [0.05, 0.1) is 12.1 Å². The molecule has 0 atom stereocenters. The number of aromatic amines is 1. The van der Waals surface area contributed by atoms with Gasteiger partial charge in [-0.05, 0) is 18.6 Å². The van der Waals surface area contributed by atoms with Gasteiger partial charge in [0.15, 0.2) is 5.82 Å². The van der Waals surface area contributed by atoms with Gasteiger partial charge in [0.1, 0.15) is 0 Å². The summed E-state index contributed by atoms with van der Waals surface area (Å²) in [7, 11) is 0. The maximum Gasteiger partial charge on any atom is 0.253 e. The molecule has 2 aromatic rings. The number of carbonyl (C=O) groups excluding carboxylic acids is 1. The maximum absolute atomic E-state index is 11.7. The SMILES string of the molecule is Cc1cncc(C(=O)NCc2nn[nH]n2)c1. The Hall–Kier alpha value is -2.31. The van der Waals surface area contributed by atoms with Gasteiger partial charge in [-0.15, -0.1) is 10.2 Å². The summed E-state index contributed by atoms with van der Waals surface area (Å²) in [6, 6.07) is 1.76. The number of aryl methyl sites for hydroxylation is 1. The molecule has 0 bridgehead atoms. The van der Waals surface area contributed by atoms with Gasteiger partial charge >= 0.3 is 0 Å². The van der Waals surface area contributed by atoms with Crippen LogP contribution in [0.3, 0.4) is 0 Å². The van der Waals surface area contributed by atoms with Crippen LogP contribution < -0.4 is 5.32 Å². The minimum Gasteiger partial charge on any atom is -0.345 e. The Morgan fingerprint density at radius 1 is 1.50 bits per heavy atom. The predicted molar refractivity (Wildman–Crippen MR) is 54.3 cm³/mol. The van der Waals surface area contributed by atoms with Crippen molar-refractivity contribution in [2.24, 2.45) is 0 Å². The van der Waals surface area contributed by atoms with Gasteiger partial charge in [0.2, 0.25) is 0 Å². The Morgan fingerprint density at radius 3 is 3.06 bits per heavy atom. The Bertz CT molecular complexity index is 481. The second-order valence-corrected chi connectivity index (χ2v) is 3.26. The molecule has 0 radical (unpaired) electrons. The van der Waals surface area contributed by atoms with Crippen LogP contribution in [0.1, 0.15) is 21.7 Å². The molecule has 2 heterocycles. The lowest BCUT2D eigenvalue weighted by Crippen LogP contribution is -2.23. The van der Waals surface area contributed by atoms with Crippen molar-refractivity contribution in [3.05, 3.63) is 35.4 Å². The zero-order valence-corrected chi connectivity index (χ0v) is 8.64. The Kier molecular flexibility index (Phi) is 2.86. The Balaban J connectivity index is 1.98. The van der Waals surface area contributed by atoms with Gasteiger partial charge in [0.25, 0.3) is 5.91 Å². The molecule has 1 amide bonds. The van der Waals surface area contributed by atoms with Crippen LogP contribution in [0.2, 0.25) is 0 Å². The first-order valence-electron chi connectivity index (χ1n) is 4.68. The quantitative estimate of drug-likeness (QED) is 0.745. The molecule has 82 valence electrons. The largest absolute Gasteiger partial charge is 0.345 e. The number of carbonyl (C=O) groups is 1. The zero-order valence-electron chi connectivity index (χ0n) is 8.64. The van der Waals surface area contributed by atoms with E-state index in [1.807, 2.05) is 6.92 Å². The minimum absolute atomic E-state index is 0.207. The molecule has 0 unspecified atom stereocenters. The number of aromatic nitrogens is 5. The van der Waals surface area contributed by atoms with E-state index in [1.165, 1.54) is 6.20 Å². The van der Waals surface area contributed by atoms with Crippen molar-refractivity contribution in [3.63, 3.8) is 0 Å². The van der Waals surface area contributed by atoms with Crippen molar-refractivity contribution in [1.29, 1.82) is 0 Å². The van der Waals surface area contributed by atoms with Gasteiger partial charge in [-0.2, -0.15) is 5.21 Å². The average Bonchev–Trinajstić information content (AvgIpc) is 2.78. The molecule has 0 aliphatic rings. The fourth-order valence-electron chi connectivity index (χ4n) is 1.20. The highest BCUT2D eigenvalue weighted by Gasteiger charge is 2.06. The van der Waals surface area contributed by atoms with Gasteiger partial charge in [-0.1, -0.05) is 5.21 Å². The third-order valence-corrected chi connectivity index (χ3v) is 1.93. The van der Waals surface area contributed by atoms with E-state index in [-0.39, 0.29) is 12.5 Å². The lowest BCUT2D eigenvalue weighted by atomic mass is 10.2. The molecular weight excluding hydrogens is 208 g/mol. The minimum atomic E-state index is -0.207. The lowest BCUT2D eigenvalue weighted by molar-refractivity contribution is 0.0949. The Morgan fingerprint density at radius 2 is 2.38 bits per heavy atom. The topological polar surface area (TPSA) is 96.5 Å². The monoisotopic (exact) mass is 218 g/mol. The number of nitrogens with zero attached hydrogens (tertiary/aromatic N) is 4. The van der Waals surface area contributed by atoms with Crippen LogP contribution in [0, 0.1) is 6.92 Å². The highest BCUT2D eigenvalue weighted by atomic mass is 16.1. The van der Waals surface area contributed by atoms with Crippen molar-refractivity contribution in [1.82, 2.24) is 30.9 Å². The van der Waals surface area contributed by atoms with Crippen LogP contribution in [0.15, 0.2) is 18.5 Å². The van der Waals surface area contributed by atoms with Crippen LogP contribution in [0.4, 0.5) is 0 Å². The first-order chi connectivity index (χ1) is 7.75. The fourth-order valence-corrected chi connectivity index (χ4v) is 1.20. The van der Waals surface area contributed by atoms with Gasteiger partial charge in [0, 0.05) is 12.4 Å². The van der Waals surface area contributed by atoms with E-state index in [0.717, 1.165) is 5.56 Å². The number of hydrogen-bond acceptors (Lipinski definition) is 5. The number of rotatable bonds is 3. The molecule has 7 nitrogen and oxygen atoms in total. The van der Waals surface area contributed by atoms with E-state index in [0.29, 0.717) is 11.4 Å². The molecule has 0 aliphatic carbocycles. The van der Waals surface area contributed by atoms with E-state index in [1.54, 1.807) is 12.3 Å². The molecule has 2 aromatic heterocycles. The molecule has 0 fully saturated rings. The fraction of sp³-hybridized carbons (Fsp3) is 0.222. The summed E-state index contributed by atoms with van der Waals surface area (Å²) in [5.41, 5.74) is 1.45. The number of amides is 1. The number of pyridine rings is 1. The van der Waals surface area contributed by atoms with Crippen LogP contribution in [0.25, 0.3) is 0 Å². The number of nitrogens with one attached hydrogen (secondary N) is 2. The predicted octanol–water partition coefficient (Wildman–Crippen LogP) is -0.167. The molecular formula is C9H10N6O. The zero-order chi connectivity index (χ0) is 11.4. The van der Waals surface area contributed by atoms with Crippen molar-refractivity contribution in [3.8, 4) is 0 Å². The normalized spacial score (nSPS) is 10.1. The lowest BCUT2D eigenvalue weighted by Gasteiger charge is -2.02. The number of tetrazole rings is 1. The molecule has 16 heavy (non-hydrogen) atoms. The Labute approximate surface area is 91.3 Å². The van der Waals surface area contributed by atoms with Crippen molar-refractivity contribution < 1.29 is 4.79 Å². The van der Waals surface area contributed by atoms with Gasteiger partial charge in [-0.3, -0.25) is 9.78 Å². The molecule has 0 aliphatic heterocycles. The molecule has 0 aromatic carbocycles. The summed E-state index contributed by atoms with van der Waals surface area (Å²) in [5.74, 6) is 0.231. The van der Waals surface area contributed by atoms with Crippen LogP contribution in [0.5, 0.6) is 0 Å². The van der Waals surface area contributed by atoms with E-state index >= 15 is 0 Å². The van der Waals surface area contributed by atoms with Crippen LogP contribution >= 0.6 is 0 Å². The summed E-state index contributed by atoms with van der Waals surface area (Å²) < 4.78 is 0. The molecule has 0 spiro atoms. The van der Waals surface area contributed by atoms with E-state index in [9.17, 15) is 4.79 Å². The summed E-state index contributed by atoms with van der Waals surface area (Å²) >= 11 is 0. The second kappa shape index (κ2) is 4.47. The van der Waals surface area contributed by atoms with E-state index < -0.39 is 0 Å². The second-order valence-electron chi connectivity index (χ2n) is 3.26. The maximum atomic E-state index is 11.7. The molecule has 0 saturated heterocycles. The van der Waals surface area contributed by atoms with Crippen LogP contribution in [-0.2, 0) is 6.54 Å². The first kappa shape index (κ1) is 10.2. The first-order valence-corrected chi connectivity index (χ1v) is 4.68. The van der Waals surface area contributed by atoms with Gasteiger partial charge < -0.3 is 5.32 Å². The highest BCUT2D eigenvalue weighted by Crippen LogP contribution is 2.00. The molecule has 2 N–H and O–H groups in total. The van der Waals surface area contributed by atoms with E-state index in [4.69, 9.17) is 0 Å². The van der Waals surface area contributed by atoms with Crippen molar-refractivity contribution in [2.75, 3.05) is 0 Å². The summed E-state index contributed by atoms with van der Waals surface area (Å²) in [6.07, 6.45) is 3.20. The summed E-state index contributed by atoms with van der Waals surface area (Å²) in [5, 5.41) is 15.8. The molecule has 0 saturated carbocycles. The molecule has 7 heteroatoms. The standard InChI is InChI=1S/C9H10N6O/c1-6-2-7(4-10-3-6)9(16)11-5-8-12-14-15-13-8/h2-4H,5H2,1H3,(H,11,16)(H,12,13,14,15). The number of hydrogen-bond donors (Lipinski definition) is 2. The third-order valence-electron chi connectivity index (χ3n) is 1.93. The third kappa shape index (κ3) is 2.38. The van der Waals surface area contributed by atoms with Crippen LogP contribution in [-0.4, -0.2) is 31.5 Å². The van der Waals surface area contributed by atoms with Crippen molar-refractivity contribution in [2.45, 2.75) is 13.5 Å². The summed E-state index contributed by atoms with van der Waals surface area (Å²) in [6.45, 7) is 2.12. The summed E-state index contributed by atoms with van der Waals surface area (Å²) in [4.78, 5) is 15.6.